The minimum atomic E-state index is -0.553. The van der Waals surface area contributed by atoms with Gasteiger partial charge in [0.15, 0.2) is 0 Å². The monoisotopic (exact) mass is 554 g/mol. The molecule has 0 fully saturated rings. The van der Waals surface area contributed by atoms with Crippen molar-refractivity contribution in [3.63, 3.8) is 0 Å². The molecule has 7 heteroatoms. The summed E-state index contributed by atoms with van der Waals surface area (Å²) in [5.74, 6) is 0.347. The third-order valence-electron chi connectivity index (χ3n) is 8.10. The number of hydrogen-bond donors (Lipinski definition) is 4. The molecule has 0 bridgehead atoms. The van der Waals surface area contributed by atoms with Crippen LogP contribution in [0.5, 0.6) is 5.75 Å². The summed E-state index contributed by atoms with van der Waals surface area (Å²) in [4.78, 5) is 23.9. The van der Waals surface area contributed by atoms with Gasteiger partial charge in [-0.15, -0.1) is 0 Å². The highest BCUT2D eigenvalue weighted by Gasteiger charge is 2.32. The second-order valence-electron chi connectivity index (χ2n) is 11.9. The lowest BCUT2D eigenvalue weighted by Gasteiger charge is -2.34. The minimum absolute atomic E-state index is 0.0721. The van der Waals surface area contributed by atoms with E-state index in [1.807, 2.05) is 46.8 Å². The Labute approximate surface area is 240 Å². The first-order valence-electron chi connectivity index (χ1n) is 14.6. The average molecular weight is 555 g/mol. The van der Waals surface area contributed by atoms with Gasteiger partial charge in [-0.2, -0.15) is 0 Å². The number of hydroxylamine groups is 1. The number of rotatable bonds is 15. The maximum atomic E-state index is 12.9. The predicted octanol–water partition coefficient (Wildman–Crippen LogP) is 6.38. The summed E-state index contributed by atoms with van der Waals surface area (Å²) in [5.41, 5.74) is 6.28. The van der Waals surface area contributed by atoms with Gasteiger partial charge in [0.05, 0.1) is 6.10 Å². The van der Waals surface area contributed by atoms with Crippen molar-refractivity contribution in [2.75, 3.05) is 13.2 Å². The van der Waals surface area contributed by atoms with Crippen LogP contribution in [0, 0.1) is 19.3 Å². The molecule has 2 aromatic carbocycles. The van der Waals surface area contributed by atoms with Crippen LogP contribution < -0.4 is 15.5 Å². The van der Waals surface area contributed by atoms with Crippen molar-refractivity contribution in [3.8, 4) is 5.75 Å². The smallest absolute Gasteiger partial charge is 0.251 e. The first kappa shape index (κ1) is 33.3. The lowest BCUT2D eigenvalue weighted by atomic mass is 9.70. The van der Waals surface area contributed by atoms with Crippen LogP contribution in [0.25, 0.3) is 0 Å². The zero-order valence-corrected chi connectivity index (χ0v) is 25.5. The molecule has 2 rings (SSSR count). The van der Waals surface area contributed by atoms with Crippen molar-refractivity contribution in [3.05, 3.63) is 64.2 Å². The van der Waals surface area contributed by atoms with Gasteiger partial charge in [-0.25, -0.2) is 5.48 Å². The summed E-state index contributed by atoms with van der Waals surface area (Å²) in [6, 6.07) is 12.5. The SMILES string of the molecule is CCC(CC)(c1ccc(OCC(O)C(C)(C)C)c(C)c1)c1ccc(C(=O)NCCCCCCC(=O)NO)c(C)c1. The van der Waals surface area contributed by atoms with Crippen LogP contribution in [-0.2, 0) is 10.2 Å². The summed E-state index contributed by atoms with van der Waals surface area (Å²) in [6.45, 7) is 15.3. The van der Waals surface area contributed by atoms with E-state index in [4.69, 9.17) is 9.94 Å². The molecule has 0 aromatic heterocycles. The van der Waals surface area contributed by atoms with Crippen molar-refractivity contribution in [2.24, 2.45) is 5.41 Å². The number of hydrogen-bond acceptors (Lipinski definition) is 5. The topological polar surface area (TPSA) is 108 Å². The van der Waals surface area contributed by atoms with Gasteiger partial charge < -0.3 is 15.2 Å². The van der Waals surface area contributed by atoms with E-state index < -0.39 is 6.10 Å². The summed E-state index contributed by atoms with van der Waals surface area (Å²) < 4.78 is 5.98. The second-order valence-corrected chi connectivity index (χ2v) is 11.9. The fraction of sp³-hybridized carbons (Fsp3) is 0.576. The van der Waals surface area contributed by atoms with Crippen LogP contribution >= 0.6 is 0 Å². The van der Waals surface area contributed by atoms with Crippen molar-refractivity contribution in [2.45, 2.75) is 105 Å². The van der Waals surface area contributed by atoms with Crippen LogP contribution in [0.4, 0.5) is 0 Å². The molecule has 2 aromatic rings. The maximum absolute atomic E-state index is 12.9. The van der Waals surface area contributed by atoms with E-state index in [9.17, 15) is 14.7 Å². The number of carbonyl (C=O) groups is 2. The predicted molar refractivity (Wildman–Crippen MR) is 160 cm³/mol. The van der Waals surface area contributed by atoms with Crippen LogP contribution in [0.15, 0.2) is 36.4 Å². The molecule has 0 radical (unpaired) electrons. The average Bonchev–Trinajstić information content (AvgIpc) is 2.92. The summed E-state index contributed by atoms with van der Waals surface area (Å²) in [6.07, 6.45) is 4.92. The Balaban J connectivity index is 2.10. The Bertz CT molecular complexity index is 1120. The van der Waals surface area contributed by atoms with E-state index in [-0.39, 0.29) is 29.3 Å². The second kappa shape index (κ2) is 15.2. The molecule has 7 nitrogen and oxygen atoms in total. The molecule has 2 amide bonds. The molecule has 0 saturated carbocycles. The number of carbonyl (C=O) groups excluding carboxylic acids is 2. The third-order valence-corrected chi connectivity index (χ3v) is 8.10. The first-order valence-corrected chi connectivity index (χ1v) is 14.6. The number of aryl methyl sites for hydroxylation is 2. The van der Waals surface area contributed by atoms with Crippen molar-refractivity contribution < 1.29 is 24.6 Å². The van der Waals surface area contributed by atoms with Crippen molar-refractivity contribution >= 4 is 11.8 Å². The van der Waals surface area contributed by atoms with Crippen molar-refractivity contribution in [1.29, 1.82) is 0 Å². The molecule has 0 saturated heterocycles. The normalized spacial score (nSPS) is 12.6. The van der Waals surface area contributed by atoms with E-state index in [1.165, 1.54) is 11.1 Å². The lowest BCUT2D eigenvalue weighted by Crippen LogP contribution is -2.32. The van der Waals surface area contributed by atoms with Crippen molar-refractivity contribution in [1.82, 2.24) is 10.8 Å². The Morgan fingerprint density at radius 1 is 0.900 bits per heavy atom. The molecule has 222 valence electrons. The molecule has 0 heterocycles. The minimum Gasteiger partial charge on any atom is -0.491 e. The van der Waals surface area contributed by atoms with E-state index >= 15 is 0 Å². The summed E-state index contributed by atoms with van der Waals surface area (Å²) in [7, 11) is 0. The van der Waals surface area contributed by atoms with E-state index in [0.717, 1.165) is 49.0 Å². The number of aliphatic hydroxyl groups is 1. The highest BCUT2D eigenvalue weighted by atomic mass is 16.5. The number of aliphatic hydroxyl groups excluding tert-OH is 1. The highest BCUT2D eigenvalue weighted by Crippen LogP contribution is 2.41. The van der Waals surface area contributed by atoms with Gasteiger partial charge >= 0.3 is 0 Å². The first-order chi connectivity index (χ1) is 18.9. The Morgan fingerprint density at radius 2 is 1.50 bits per heavy atom. The van der Waals surface area contributed by atoms with Gasteiger partial charge in [-0.05, 0) is 79.3 Å². The van der Waals surface area contributed by atoms with Gasteiger partial charge in [0.2, 0.25) is 5.91 Å². The molecular weight excluding hydrogens is 504 g/mol. The van der Waals surface area contributed by atoms with Gasteiger partial charge in [-0.1, -0.05) is 71.7 Å². The Hall–Kier alpha value is -2.90. The zero-order valence-electron chi connectivity index (χ0n) is 25.5. The fourth-order valence-electron chi connectivity index (χ4n) is 5.09. The molecule has 0 aliphatic heterocycles. The van der Waals surface area contributed by atoms with Gasteiger partial charge in [0.1, 0.15) is 12.4 Å². The number of amides is 2. The molecular formula is C33H50N2O5. The highest BCUT2D eigenvalue weighted by molar-refractivity contribution is 5.95. The van der Waals surface area contributed by atoms with Crippen LogP contribution in [-0.4, -0.2) is 41.4 Å². The van der Waals surface area contributed by atoms with E-state index in [2.05, 4.69) is 43.4 Å². The van der Waals surface area contributed by atoms with Gasteiger partial charge in [-0.3, -0.25) is 14.8 Å². The summed E-state index contributed by atoms with van der Waals surface area (Å²) in [5, 5.41) is 21.9. The number of benzene rings is 2. The largest absolute Gasteiger partial charge is 0.491 e. The molecule has 0 spiro atoms. The Kier molecular flexibility index (Phi) is 12.7. The Morgan fingerprint density at radius 3 is 2.05 bits per heavy atom. The van der Waals surface area contributed by atoms with Gasteiger partial charge in [0, 0.05) is 23.9 Å². The lowest BCUT2D eigenvalue weighted by molar-refractivity contribution is -0.129. The number of nitrogens with one attached hydrogen (secondary N) is 2. The third kappa shape index (κ3) is 8.80. The fourth-order valence-corrected chi connectivity index (χ4v) is 5.09. The number of ether oxygens (including phenoxy) is 1. The van der Waals surface area contributed by atoms with E-state index in [0.29, 0.717) is 24.9 Å². The quantitative estimate of drug-likeness (QED) is 0.116. The standard InChI is InChI=1S/C33H50N2O5/c1-8-33(9-2,26-16-18-28(24(4)21-26)40-22-29(36)32(5,6)7)25-15-17-27(23(3)20-25)31(38)34-19-13-11-10-12-14-30(37)35-39/h15-18,20-21,29,36,39H,8-14,19,22H2,1-7H3,(H,34,38)(H,35,37). The number of unbranched alkanes of at least 4 members (excludes halogenated alkanes) is 3. The van der Waals surface area contributed by atoms with Gasteiger partial charge in [0.25, 0.3) is 5.91 Å². The zero-order chi connectivity index (χ0) is 29.9. The molecule has 1 unspecified atom stereocenters. The molecule has 4 N–H and O–H groups in total. The van der Waals surface area contributed by atoms with E-state index in [1.54, 1.807) is 5.48 Å². The molecule has 40 heavy (non-hydrogen) atoms. The summed E-state index contributed by atoms with van der Waals surface area (Å²) >= 11 is 0. The van der Waals surface area contributed by atoms with Crippen LogP contribution in [0.3, 0.4) is 0 Å². The van der Waals surface area contributed by atoms with Crippen LogP contribution in [0.2, 0.25) is 0 Å². The molecule has 0 aliphatic rings. The molecule has 1 atom stereocenters. The molecule has 0 aliphatic carbocycles. The maximum Gasteiger partial charge on any atom is 0.251 e. The van der Waals surface area contributed by atoms with Crippen LogP contribution in [0.1, 0.15) is 112 Å².